The molecule has 0 aliphatic carbocycles. The first-order valence-corrected chi connectivity index (χ1v) is 7.47. The maximum absolute atomic E-state index is 12.1. The molecule has 0 saturated heterocycles. The van der Waals surface area contributed by atoms with Gasteiger partial charge < -0.3 is 10.2 Å². The van der Waals surface area contributed by atoms with Crippen LogP contribution in [0.3, 0.4) is 0 Å². The van der Waals surface area contributed by atoms with Crippen LogP contribution in [-0.4, -0.2) is 0 Å². The molecule has 1 heterocycles. The van der Waals surface area contributed by atoms with Crippen LogP contribution in [0.15, 0.2) is 15.3 Å². The molecular formula is C17H23NO2. The Balaban J connectivity index is 3.04. The zero-order valence-corrected chi connectivity index (χ0v) is 12.8. The van der Waals surface area contributed by atoms with Crippen LogP contribution in [0.2, 0.25) is 0 Å². The third-order valence-electron chi connectivity index (χ3n) is 4.08. The lowest BCUT2D eigenvalue weighted by Gasteiger charge is -2.17. The quantitative estimate of drug-likeness (QED) is 0.683. The highest BCUT2D eigenvalue weighted by atomic mass is 16.4. The molecule has 0 aliphatic rings. The van der Waals surface area contributed by atoms with E-state index in [0.717, 1.165) is 41.5 Å². The highest BCUT2D eigenvalue weighted by molar-refractivity contribution is 5.89. The van der Waals surface area contributed by atoms with Crippen molar-refractivity contribution >= 4 is 16.7 Å². The molecule has 0 saturated carbocycles. The van der Waals surface area contributed by atoms with Crippen molar-refractivity contribution in [3.05, 3.63) is 38.7 Å². The molecule has 3 nitrogen and oxygen atoms in total. The molecular weight excluding hydrogens is 250 g/mol. The maximum atomic E-state index is 12.1. The van der Waals surface area contributed by atoms with E-state index in [1.165, 1.54) is 11.1 Å². The fourth-order valence-corrected chi connectivity index (χ4v) is 3.18. The molecule has 0 bridgehead atoms. The summed E-state index contributed by atoms with van der Waals surface area (Å²) < 4.78 is 5.51. The summed E-state index contributed by atoms with van der Waals surface area (Å²) in [5.41, 5.74) is 11.6. The Kier molecular flexibility index (Phi) is 4.17. The van der Waals surface area contributed by atoms with Crippen molar-refractivity contribution in [1.82, 2.24) is 0 Å². The van der Waals surface area contributed by atoms with E-state index in [1.807, 2.05) is 13.0 Å². The lowest BCUT2D eigenvalue weighted by molar-refractivity contribution is 0.548. The van der Waals surface area contributed by atoms with Gasteiger partial charge in [0.1, 0.15) is 5.58 Å². The monoisotopic (exact) mass is 273 g/mol. The molecule has 2 aromatic rings. The van der Waals surface area contributed by atoms with Crippen LogP contribution in [0.5, 0.6) is 0 Å². The van der Waals surface area contributed by atoms with E-state index in [1.54, 1.807) is 0 Å². The molecule has 0 fully saturated rings. The van der Waals surface area contributed by atoms with Crippen LogP contribution in [-0.2, 0) is 25.7 Å². The van der Waals surface area contributed by atoms with Gasteiger partial charge in [-0.15, -0.1) is 0 Å². The summed E-state index contributed by atoms with van der Waals surface area (Å²) in [5, 5.41) is 1.11. The highest BCUT2D eigenvalue weighted by Gasteiger charge is 2.18. The number of anilines is 1. The highest BCUT2D eigenvalue weighted by Crippen LogP contribution is 2.32. The average Bonchev–Trinajstić information content (AvgIpc) is 2.44. The van der Waals surface area contributed by atoms with E-state index in [0.29, 0.717) is 12.0 Å². The van der Waals surface area contributed by atoms with E-state index in [9.17, 15) is 4.79 Å². The Labute approximate surface area is 119 Å². The van der Waals surface area contributed by atoms with E-state index >= 15 is 0 Å². The van der Waals surface area contributed by atoms with Crippen molar-refractivity contribution in [2.75, 3.05) is 5.73 Å². The van der Waals surface area contributed by atoms with Gasteiger partial charge in [0.05, 0.1) is 0 Å². The van der Waals surface area contributed by atoms with Gasteiger partial charge in [-0.1, -0.05) is 27.7 Å². The Bertz CT molecular complexity index is 698. The van der Waals surface area contributed by atoms with Gasteiger partial charge >= 0.3 is 5.63 Å². The second-order valence-electron chi connectivity index (χ2n) is 5.06. The number of nitrogen functional groups attached to an aromatic ring is 1. The summed E-state index contributed by atoms with van der Waals surface area (Å²) in [5.74, 6) is 0. The minimum atomic E-state index is -0.220. The van der Waals surface area contributed by atoms with Gasteiger partial charge in [-0.2, -0.15) is 0 Å². The van der Waals surface area contributed by atoms with Gasteiger partial charge in [0, 0.05) is 22.7 Å². The number of rotatable bonds is 4. The Hall–Kier alpha value is -1.77. The molecule has 0 spiro atoms. The van der Waals surface area contributed by atoms with Crippen molar-refractivity contribution in [2.24, 2.45) is 0 Å². The smallest absolute Gasteiger partial charge is 0.339 e. The molecule has 0 aliphatic heterocycles. The molecule has 0 unspecified atom stereocenters. The molecule has 1 aromatic heterocycles. The fraction of sp³-hybridized carbons (Fsp3) is 0.471. The molecule has 0 radical (unpaired) electrons. The average molecular weight is 273 g/mol. The Morgan fingerprint density at radius 2 is 1.40 bits per heavy atom. The molecule has 108 valence electrons. The molecule has 20 heavy (non-hydrogen) atoms. The van der Waals surface area contributed by atoms with E-state index in [-0.39, 0.29) is 5.63 Å². The van der Waals surface area contributed by atoms with Gasteiger partial charge in [-0.25, -0.2) is 4.79 Å². The maximum Gasteiger partial charge on any atom is 0.339 e. The summed E-state index contributed by atoms with van der Waals surface area (Å²) in [4.78, 5) is 12.1. The lowest BCUT2D eigenvalue weighted by atomic mass is 9.91. The third-order valence-corrected chi connectivity index (χ3v) is 4.08. The standard InChI is InChI=1S/C17H23NO2/c1-5-10-11(6-2)16-12(7-3)13(8-4)17(19)20-15(16)9-14(10)18/h9H,5-8,18H2,1-4H3. The number of hydrogen-bond donors (Lipinski definition) is 1. The number of nitrogens with two attached hydrogens (primary N) is 1. The van der Waals surface area contributed by atoms with E-state index < -0.39 is 0 Å². The zero-order chi connectivity index (χ0) is 14.9. The summed E-state index contributed by atoms with van der Waals surface area (Å²) in [6.45, 7) is 8.33. The first kappa shape index (κ1) is 14.6. The Morgan fingerprint density at radius 1 is 0.900 bits per heavy atom. The minimum Gasteiger partial charge on any atom is -0.422 e. The first-order chi connectivity index (χ1) is 9.58. The van der Waals surface area contributed by atoms with Crippen LogP contribution in [0.4, 0.5) is 5.69 Å². The molecule has 3 heteroatoms. The number of aryl methyl sites for hydroxylation is 2. The van der Waals surface area contributed by atoms with Gasteiger partial charge in [0.25, 0.3) is 0 Å². The van der Waals surface area contributed by atoms with Crippen LogP contribution < -0.4 is 11.4 Å². The zero-order valence-electron chi connectivity index (χ0n) is 12.8. The number of fused-ring (bicyclic) bond motifs is 1. The summed E-state index contributed by atoms with van der Waals surface area (Å²) in [6.07, 6.45) is 3.34. The van der Waals surface area contributed by atoms with E-state index in [4.69, 9.17) is 10.2 Å². The van der Waals surface area contributed by atoms with Crippen molar-refractivity contribution < 1.29 is 4.42 Å². The van der Waals surface area contributed by atoms with E-state index in [2.05, 4.69) is 20.8 Å². The fourth-order valence-electron chi connectivity index (χ4n) is 3.18. The SMILES string of the molecule is CCc1c(N)cc2oc(=O)c(CC)c(CC)c2c1CC. The number of benzene rings is 1. The first-order valence-electron chi connectivity index (χ1n) is 7.47. The van der Waals surface area contributed by atoms with Gasteiger partial charge in [-0.3, -0.25) is 0 Å². The van der Waals surface area contributed by atoms with Gasteiger partial charge in [0.2, 0.25) is 0 Å². The van der Waals surface area contributed by atoms with Crippen LogP contribution in [0, 0.1) is 0 Å². The predicted molar refractivity (Wildman–Crippen MR) is 84.4 cm³/mol. The molecule has 0 amide bonds. The van der Waals surface area contributed by atoms with Crippen molar-refractivity contribution in [3.8, 4) is 0 Å². The van der Waals surface area contributed by atoms with Crippen molar-refractivity contribution in [2.45, 2.75) is 53.4 Å². The minimum absolute atomic E-state index is 0.220. The Morgan fingerprint density at radius 3 is 1.90 bits per heavy atom. The molecule has 2 N–H and O–H groups in total. The van der Waals surface area contributed by atoms with Gasteiger partial charge in [0.15, 0.2) is 0 Å². The van der Waals surface area contributed by atoms with Crippen LogP contribution in [0.25, 0.3) is 11.0 Å². The second kappa shape index (κ2) is 5.70. The number of hydrogen-bond acceptors (Lipinski definition) is 3. The predicted octanol–water partition coefficient (Wildman–Crippen LogP) is 3.62. The largest absolute Gasteiger partial charge is 0.422 e. The molecule has 2 rings (SSSR count). The summed E-state index contributed by atoms with van der Waals surface area (Å²) >= 11 is 0. The van der Waals surface area contributed by atoms with Crippen LogP contribution in [0.1, 0.15) is 49.9 Å². The second-order valence-corrected chi connectivity index (χ2v) is 5.06. The third kappa shape index (κ3) is 2.11. The van der Waals surface area contributed by atoms with Crippen molar-refractivity contribution in [1.29, 1.82) is 0 Å². The normalized spacial score (nSPS) is 11.2. The topological polar surface area (TPSA) is 56.2 Å². The molecule has 0 atom stereocenters. The lowest BCUT2D eigenvalue weighted by Crippen LogP contribution is -2.13. The summed E-state index contributed by atoms with van der Waals surface area (Å²) in [7, 11) is 0. The van der Waals surface area contributed by atoms with Gasteiger partial charge in [-0.05, 0) is 42.4 Å². The summed E-state index contributed by atoms with van der Waals surface area (Å²) in [6, 6.07) is 1.81. The molecule has 1 aromatic carbocycles. The van der Waals surface area contributed by atoms with Crippen molar-refractivity contribution in [3.63, 3.8) is 0 Å². The van der Waals surface area contributed by atoms with Crippen LogP contribution >= 0.6 is 0 Å².